The first-order valence-corrected chi connectivity index (χ1v) is 12.8. The Morgan fingerprint density at radius 3 is 2.68 bits per heavy atom. The summed E-state index contributed by atoms with van der Waals surface area (Å²) >= 11 is 0. The van der Waals surface area contributed by atoms with Gasteiger partial charge in [0.2, 0.25) is 5.79 Å². The third kappa shape index (κ3) is 4.22. The van der Waals surface area contributed by atoms with Crippen LogP contribution in [0.1, 0.15) is 58.1 Å². The molecule has 0 aromatic heterocycles. The molecule has 4 saturated heterocycles. The zero-order valence-corrected chi connectivity index (χ0v) is 20.4. The van der Waals surface area contributed by atoms with E-state index in [-0.39, 0.29) is 31.1 Å². The summed E-state index contributed by atoms with van der Waals surface area (Å²) in [6, 6.07) is 9.36. The third-order valence-electron chi connectivity index (χ3n) is 8.55. The Bertz CT molecular complexity index is 827. The van der Waals surface area contributed by atoms with Gasteiger partial charge in [-0.05, 0) is 43.6 Å². The molecule has 5 fully saturated rings. The maximum atomic E-state index is 11.0. The van der Waals surface area contributed by atoms with Crippen molar-refractivity contribution in [3.63, 3.8) is 0 Å². The lowest BCUT2D eigenvalue weighted by Gasteiger charge is -2.60. The molecule has 4 heterocycles. The molecule has 3 N–H and O–H groups in total. The summed E-state index contributed by atoms with van der Waals surface area (Å²) in [7, 11) is 0. The molecular weight excluding hydrogens is 438 g/mol. The number of hydrogen-bond donors (Lipinski definition) is 3. The smallest absolute Gasteiger partial charge is 0.201 e. The highest BCUT2D eigenvalue weighted by Crippen LogP contribution is 2.60. The van der Waals surface area contributed by atoms with Crippen molar-refractivity contribution < 1.29 is 34.2 Å². The fraction of sp³-hybridized carbons (Fsp3) is 0.769. The monoisotopic (exact) mass is 477 g/mol. The van der Waals surface area contributed by atoms with Crippen LogP contribution < -0.4 is 5.32 Å². The summed E-state index contributed by atoms with van der Waals surface area (Å²) in [5, 5.41) is 23.5. The molecule has 1 spiro atoms. The van der Waals surface area contributed by atoms with Crippen LogP contribution in [0.15, 0.2) is 30.3 Å². The molecule has 4 aliphatic heterocycles. The Morgan fingerprint density at radius 2 is 1.91 bits per heavy atom. The van der Waals surface area contributed by atoms with E-state index in [0.29, 0.717) is 18.4 Å². The standard InChI is InChI=1S/C26H39NO7/c1-16-9-10-20-17(2)23(31-24-26(20)19(16)11-12-25(3,32-24)33-34-26)30-15-21(29)22(27-13-14-28)18-7-5-4-6-8-18/h4-8,16-17,19-24,27-29H,9-15H2,1-3H3/t16-,17-,19+,20+,21?,22?,23?,24-,25+,26-/m1/s1. The van der Waals surface area contributed by atoms with Crippen LogP contribution in [0.25, 0.3) is 0 Å². The minimum atomic E-state index is -0.825. The molecule has 1 aromatic carbocycles. The summed E-state index contributed by atoms with van der Waals surface area (Å²) in [4.78, 5) is 12.1. The number of nitrogens with one attached hydrogen (secondary N) is 1. The Labute approximate surface area is 201 Å². The topological polar surface area (TPSA) is 98.6 Å². The van der Waals surface area contributed by atoms with Crippen molar-refractivity contribution in [3.05, 3.63) is 35.9 Å². The molecule has 190 valence electrons. The van der Waals surface area contributed by atoms with E-state index in [1.165, 1.54) is 0 Å². The second-order valence-electron chi connectivity index (χ2n) is 10.7. The Morgan fingerprint density at radius 1 is 1.12 bits per heavy atom. The first-order chi connectivity index (χ1) is 16.4. The van der Waals surface area contributed by atoms with Crippen LogP contribution in [0.5, 0.6) is 0 Å². The molecule has 1 saturated carbocycles. The zero-order valence-electron chi connectivity index (χ0n) is 20.4. The molecule has 1 aromatic rings. The molecule has 1 aliphatic carbocycles. The molecule has 3 unspecified atom stereocenters. The van der Waals surface area contributed by atoms with Gasteiger partial charge in [-0.1, -0.05) is 44.2 Å². The van der Waals surface area contributed by atoms with E-state index in [4.69, 9.17) is 24.0 Å². The second-order valence-corrected chi connectivity index (χ2v) is 10.7. The van der Waals surface area contributed by atoms with E-state index in [1.807, 2.05) is 37.3 Å². The van der Waals surface area contributed by atoms with Crippen molar-refractivity contribution in [2.24, 2.45) is 23.7 Å². The minimum Gasteiger partial charge on any atom is -0.395 e. The summed E-state index contributed by atoms with van der Waals surface area (Å²) in [6.07, 6.45) is 1.97. The van der Waals surface area contributed by atoms with Crippen molar-refractivity contribution in [2.75, 3.05) is 19.8 Å². The Balaban J connectivity index is 1.32. The second kappa shape index (κ2) is 9.75. The summed E-state index contributed by atoms with van der Waals surface area (Å²) in [6.45, 7) is 6.80. The van der Waals surface area contributed by atoms with Gasteiger partial charge in [0.15, 0.2) is 18.2 Å². The van der Waals surface area contributed by atoms with Gasteiger partial charge in [0.05, 0.1) is 25.4 Å². The van der Waals surface area contributed by atoms with Gasteiger partial charge in [-0.15, -0.1) is 0 Å². The molecule has 6 rings (SSSR count). The number of rotatable bonds is 8. The molecule has 0 amide bonds. The van der Waals surface area contributed by atoms with Gasteiger partial charge in [0.25, 0.3) is 0 Å². The minimum absolute atomic E-state index is 0.0110. The third-order valence-corrected chi connectivity index (χ3v) is 8.55. The van der Waals surface area contributed by atoms with Gasteiger partial charge in [-0.25, -0.2) is 9.78 Å². The van der Waals surface area contributed by atoms with Gasteiger partial charge >= 0.3 is 0 Å². The number of fused-ring (bicyclic) bond motifs is 2. The Hall–Kier alpha value is -1.10. The van der Waals surface area contributed by atoms with Crippen LogP contribution >= 0.6 is 0 Å². The average Bonchev–Trinajstić information content (AvgIpc) is 3.07. The lowest BCUT2D eigenvalue weighted by Crippen LogP contribution is -2.70. The number of ether oxygens (including phenoxy) is 3. The van der Waals surface area contributed by atoms with Gasteiger partial charge in [-0.2, -0.15) is 0 Å². The predicted octanol–water partition coefficient (Wildman–Crippen LogP) is 2.90. The molecular formula is C26H39NO7. The fourth-order valence-corrected chi connectivity index (χ4v) is 6.71. The van der Waals surface area contributed by atoms with Gasteiger partial charge < -0.3 is 29.7 Å². The number of benzene rings is 1. The normalized spacial score (nSPS) is 43.1. The summed E-state index contributed by atoms with van der Waals surface area (Å²) < 4.78 is 19.1. The molecule has 0 radical (unpaired) electrons. The fourth-order valence-electron chi connectivity index (χ4n) is 6.71. The zero-order chi connectivity index (χ0) is 23.9. The number of hydrogen-bond acceptors (Lipinski definition) is 8. The van der Waals surface area contributed by atoms with Crippen molar-refractivity contribution in [2.45, 2.75) is 82.6 Å². The first-order valence-electron chi connectivity index (χ1n) is 12.8. The summed E-state index contributed by atoms with van der Waals surface area (Å²) in [5.74, 6) is 0.211. The molecule has 8 heteroatoms. The number of aliphatic hydroxyl groups is 2. The van der Waals surface area contributed by atoms with Crippen molar-refractivity contribution in [3.8, 4) is 0 Å². The van der Waals surface area contributed by atoms with E-state index in [2.05, 4.69) is 19.2 Å². The number of aliphatic hydroxyl groups excluding tert-OH is 2. The van der Waals surface area contributed by atoms with Crippen LogP contribution in [0.3, 0.4) is 0 Å². The van der Waals surface area contributed by atoms with Gasteiger partial charge in [0, 0.05) is 24.8 Å². The molecule has 34 heavy (non-hydrogen) atoms. The highest BCUT2D eigenvalue weighted by Gasteiger charge is 2.69. The SMILES string of the molecule is C[C@@H]1CC[C@H]2[C@@H](C)C(OCC(O)C(NCCO)c3ccccc3)O[C@@H]3O[C@]4(C)CC[C@@H]1[C@]32OO4. The molecule has 5 aliphatic rings. The first kappa shape index (κ1) is 24.6. The molecule has 2 bridgehead atoms. The average molecular weight is 478 g/mol. The maximum absolute atomic E-state index is 11.0. The van der Waals surface area contributed by atoms with Crippen LogP contribution in [-0.2, 0) is 24.0 Å². The highest BCUT2D eigenvalue weighted by molar-refractivity contribution is 5.20. The van der Waals surface area contributed by atoms with E-state index in [0.717, 1.165) is 31.2 Å². The Kier molecular flexibility index (Phi) is 7.05. The molecule has 8 nitrogen and oxygen atoms in total. The van der Waals surface area contributed by atoms with Gasteiger partial charge in [0.1, 0.15) is 0 Å². The van der Waals surface area contributed by atoms with E-state index < -0.39 is 30.1 Å². The van der Waals surface area contributed by atoms with E-state index >= 15 is 0 Å². The largest absolute Gasteiger partial charge is 0.395 e. The molecule has 10 atom stereocenters. The van der Waals surface area contributed by atoms with Crippen LogP contribution in [0.4, 0.5) is 0 Å². The lowest BCUT2D eigenvalue weighted by atomic mass is 9.58. The van der Waals surface area contributed by atoms with E-state index in [9.17, 15) is 10.2 Å². The quantitative estimate of drug-likeness (QED) is 0.492. The maximum Gasteiger partial charge on any atom is 0.201 e. The van der Waals surface area contributed by atoms with Crippen LogP contribution in [0, 0.1) is 23.7 Å². The van der Waals surface area contributed by atoms with Gasteiger partial charge in [-0.3, -0.25) is 0 Å². The van der Waals surface area contributed by atoms with Crippen molar-refractivity contribution in [1.29, 1.82) is 0 Å². The highest BCUT2D eigenvalue weighted by atomic mass is 17.3. The van der Waals surface area contributed by atoms with Crippen LogP contribution in [0.2, 0.25) is 0 Å². The lowest BCUT2D eigenvalue weighted by molar-refractivity contribution is -0.577. The predicted molar refractivity (Wildman–Crippen MR) is 123 cm³/mol. The van der Waals surface area contributed by atoms with E-state index in [1.54, 1.807) is 0 Å². The van der Waals surface area contributed by atoms with Crippen molar-refractivity contribution in [1.82, 2.24) is 5.32 Å². The summed E-state index contributed by atoms with van der Waals surface area (Å²) in [5.41, 5.74) is 0.316. The van der Waals surface area contributed by atoms with Crippen molar-refractivity contribution >= 4 is 0 Å². The van der Waals surface area contributed by atoms with Crippen LogP contribution in [-0.4, -0.2) is 60.0 Å².